The molecule has 0 spiro atoms. The van der Waals surface area contributed by atoms with Crippen molar-refractivity contribution in [2.24, 2.45) is 0 Å². The fourth-order valence-electron chi connectivity index (χ4n) is 3.40. The van der Waals surface area contributed by atoms with Gasteiger partial charge in [0.25, 0.3) is 0 Å². The summed E-state index contributed by atoms with van der Waals surface area (Å²) in [7, 11) is 0. The van der Waals surface area contributed by atoms with Gasteiger partial charge in [0.15, 0.2) is 5.82 Å². The number of anilines is 1. The molecule has 0 saturated carbocycles. The third-order valence-corrected chi connectivity index (χ3v) is 4.78. The minimum Gasteiger partial charge on any atom is -0.477 e. The molecule has 0 atom stereocenters. The number of aromatic carboxylic acids is 1. The topological polar surface area (TPSA) is 89.6 Å². The average molecular weight is 376 g/mol. The molecule has 2 heterocycles. The predicted octanol–water partition coefficient (Wildman–Crippen LogP) is 1.64. The number of carbonyl (C=O) groups is 1. The first-order valence-electron chi connectivity index (χ1n) is 8.51. The second kappa shape index (κ2) is 7.32. The Kier molecular flexibility index (Phi) is 5.10. The number of nitriles is 1. The number of benzene rings is 1. The summed E-state index contributed by atoms with van der Waals surface area (Å²) in [4.78, 5) is 27.1. The number of halogens is 2. The van der Waals surface area contributed by atoms with E-state index in [-0.39, 0.29) is 29.7 Å². The quantitative estimate of drug-likeness (QED) is 0.816. The van der Waals surface area contributed by atoms with Crippen molar-refractivity contribution in [3.8, 4) is 6.07 Å². The highest BCUT2D eigenvalue weighted by atomic mass is 19.1. The van der Waals surface area contributed by atoms with Gasteiger partial charge in [-0.2, -0.15) is 5.26 Å². The number of rotatable bonds is 4. The number of hydrogen-bond donors (Lipinski definition) is 1. The number of carboxylic acids is 1. The lowest BCUT2D eigenvalue weighted by molar-refractivity contribution is 0.0695. The Morgan fingerprint density at radius 2 is 1.96 bits per heavy atom. The molecule has 1 saturated heterocycles. The van der Waals surface area contributed by atoms with Crippen molar-refractivity contribution in [1.29, 1.82) is 5.26 Å². The van der Waals surface area contributed by atoms with Crippen molar-refractivity contribution in [3.63, 3.8) is 0 Å². The minimum absolute atomic E-state index is 0.108. The molecule has 1 N–H and O–H groups in total. The van der Waals surface area contributed by atoms with E-state index in [4.69, 9.17) is 5.26 Å². The monoisotopic (exact) mass is 376 g/mol. The lowest BCUT2D eigenvalue weighted by atomic mass is 10.1. The summed E-state index contributed by atoms with van der Waals surface area (Å²) in [6, 6.07) is 2.96. The van der Waals surface area contributed by atoms with Gasteiger partial charge in [0.2, 0.25) is 5.43 Å². The van der Waals surface area contributed by atoms with Crippen LogP contribution in [0.2, 0.25) is 0 Å². The lowest BCUT2D eigenvalue weighted by Gasteiger charge is -2.35. The number of nitrogens with zero attached hydrogens (tertiary/aromatic N) is 4. The van der Waals surface area contributed by atoms with Gasteiger partial charge in [-0.1, -0.05) is 0 Å². The largest absolute Gasteiger partial charge is 0.477 e. The fourth-order valence-corrected chi connectivity index (χ4v) is 3.40. The van der Waals surface area contributed by atoms with E-state index in [0.29, 0.717) is 26.2 Å². The molecular formula is C18H18F2N4O3. The number of aromatic nitrogens is 1. The van der Waals surface area contributed by atoms with Crippen LogP contribution in [0.4, 0.5) is 14.5 Å². The van der Waals surface area contributed by atoms with Gasteiger partial charge < -0.3 is 14.6 Å². The van der Waals surface area contributed by atoms with Crippen LogP contribution in [0.5, 0.6) is 0 Å². The van der Waals surface area contributed by atoms with Crippen LogP contribution in [-0.2, 0) is 6.54 Å². The molecular weight excluding hydrogens is 358 g/mol. The van der Waals surface area contributed by atoms with Crippen LogP contribution >= 0.6 is 0 Å². The smallest absolute Gasteiger partial charge is 0.341 e. The standard InChI is InChI=1S/C18H18F2N4O3/c1-2-23-10-12(18(26)27)17(25)11-9-13(19)16(14(20)15(11)23)24-7-5-22(4-3-21)6-8-24/h9-10H,2,4-8H2,1H3,(H,26,27). The Hall–Kier alpha value is -2.99. The molecule has 0 unspecified atom stereocenters. The van der Waals surface area contributed by atoms with E-state index < -0.39 is 28.6 Å². The molecule has 1 fully saturated rings. The zero-order valence-corrected chi connectivity index (χ0v) is 14.7. The van der Waals surface area contributed by atoms with Gasteiger partial charge in [0.05, 0.1) is 23.5 Å². The summed E-state index contributed by atoms with van der Waals surface area (Å²) in [6.07, 6.45) is 1.09. The highest BCUT2D eigenvalue weighted by Crippen LogP contribution is 2.30. The van der Waals surface area contributed by atoms with Crippen molar-refractivity contribution in [1.82, 2.24) is 9.47 Å². The molecule has 0 amide bonds. The van der Waals surface area contributed by atoms with Crippen LogP contribution < -0.4 is 10.3 Å². The zero-order chi connectivity index (χ0) is 19.7. The highest BCUT2D eigenvalue weighted by Gasteiger charge is 2.27. The van der Waals surface area contributed by atoms with E-state index in [9.17, 15) is 19.1 Å². The summed E-state index contributed by atoms with van der Waals surface area (Å²) in [5, 5.41) is 17.6. The highest BCUT2D eigenvalue weighted by molar-refractivity contribution is 5.93. The second-order valence-corrected chi connectivity index (χ2v) is 6.30. The SMILES string of the molecule is CCn1cc(C(=O)O)c(=O)c2cc(F)c(N3CCN(CC#N)CC3)c(F)c21. The Morgan fingerprint density at radius 3 is 2.52 bits per heavy atom. The molecule has 3 rings (SSSR count). The number of carboxylic acid groups (broad SMARTS) is 1. The van der Waals surface area contributed by atoms with E-state index in [1.807, 2.05) is 11.0 Å². The fraction of sp³-hybridized carbons (Fsp3) is 0.389. The summed E-state index contributed by atoms with van der Waals surface area (Å²) >= 11 is 0. The third kappa shape index (κ3) is 3.24. The number of hydrogen-bond acceptors (Lipinski definition) is 5. The van der Waals surface area contributed by atoms with Crippen LogP contribution in [0.3, 0.4) is 0 Å². The zero-order valence-electron chi connectivity index (χ0n) is 14.7. The molecule has 0 radical (unpaired) electrons. The van der Waals surface area contributed by atoms with Gasteiger partial charge in [-0.15, -0.1) is 0 Å². The van der Waals surface area contributed by atoms with Gasteiger partial charge in [0.1, 0.15) is 17.1 Å². The lowest BCUT2D eigenvalue weighted by Crippen LogP contribution is -2.47. The number of piperazine rings is 1. The maximum atomic E-state index is 15.3. The number of aryl methyl sites for hydroxylation is 1. The molecule has 1 aliphatic rings. The molecule has 0 bridgehead atoms. The molecule has 2 aromatic rings. The predicted molar refractivity (Wildman–Crippen MR) is 95.0 cm³/mol. The van der Waals surface area contributed by atoms with Crippen LogP contribution in [-0.4, -0.2) is 53.3 Å². The van der Waals surface area contributed by atoms with Crippen LogP contribution in [0, 0.1) is 23.0 Å². The van der Waals surface area contributed by atoms with Crippen LogP contribution in [0.25, 0.3) is 10.9 Å². The number of fused-ring (bicyclic) bond motifs is 1. The van der Waals surface area contributed by atoms with E-state index >= 15 is 4.39 Å². The van der Waals surface area contributed by atoms with Crippen LogP contribution in [0.15, 0.2) is 17.1 Å². The minimum atomic E-state index is -1.44. The molecule has 9 heteroatoms. The Balaban J connectivity index is 2.14. The van der Waals surface area contributed by atoms with Gasteiger partial charge >= 0.3 is 5.97 Å². The maximum absolute atomic E-state index is 15.3. The van der Waals surface area contributed by atoms with Crippen molar-refractivity contribution in [2.45, 2.75) is 13.5 Å². The van der Waals surface area contributed by atoms with Gasteiger partial charge in [-0.25, -0.2) is 13.6 Å². The van der Waals surface area contributed by atoms with Crippen LogP contribution in [0.1, 0.15) is 17.3 Å². The first-order valence-corrected chi connectivity index (χ1v) is 8.51. The van der Waals surface area contributed by atoms with E-state index in [0.717, 1.165) is 12.3 Å². The Labute approximate surface area is 153 Å². The molecule has 142 valence electrons. The van der Waals surface area contributed by atoms with Crippen molar-refractivity contribution in [3.05, 3.63) is 39.7 Å². The van der Waals surface area contributed by atoms with Gasteiger partial charge in [-0.3, -0.25) is 9.69 Å². The molecule has 0 aliphatic carbocycles. The molecule has 27 heavy (non-hydrogen) atoms. The first kappa shape index (κ1) is 18.8. The van der Waals surface area contributed by atoms with E-state index in [2.05, 4.69) is 0 Å². The molecule has 1 aromatic heterocycles. The Morgan fingerprint density at radius 1 is 1.30 bits per heavy atom. The molecule has 7 nitrogen and oxygen atoms in total. The van der Waals surface area contributed by atoms with Gasteiger partial charge in [0, 0.05) is 38.9 Å². The molecule has 1 aliphatic heterocycles. The second-order valence-electron chi connectivity index (χ2n) is 6.30. The maximum Gasteiger partial charge on any atom is 0.341 e. The van der Waals surface area contributed by atoms with Crippen molar-refractivity contribution >= 4 is 22.6 Å². The van der Waals surface area contributed by atoms with Crippen molar-refractivity contribution in [2.75, 3.05) is 37.6 Å². The number of pyridine rings is 1. The van der Waals surface area contributed by atoms with Crippen molar-refractivity contribution < 1.29 is 18.7 Å². The van der Waals surface area contributed by atoms with E-state index in [1.54, 1.807) is 11.8 Å². The molecule has 1 aromatic carbocycles. The first-order chi connectivity index (χ1) is 12.9. The van der Waals surface area contributed by atoms with Gasteiger partial charge in [-0.05, 0) is 13.0 Å². The average Bonchev–Trinajstić information content (AvgIpc) is 2.64. The summed E-state index contributed by atoms with van der Waals surface area (Å²) < 4.78 is 31.3. The summed E-state index contributed by atoms with van der Waals surface area (Å²) in [6.45, 7) is 3.80. The third-order valence-electron chi connectivity index (χ3n) is 4.78. The Bertz CT molecular complexity index is 1000. The summed E-state index contributed by atoms with van der Waals surface area (Å²) in [5.41, 5.74) is -1.78. The summed E-state index contributed by atoms with van der Waals surface area (Å²) in [5.74, 6) is -3.23. The van der Waals surface area contributed by atoms with E-state index in [1.165, 1.54) is 4.57 Å². The normalized spacial score (nSPS) is 15.1.